The van der Waals surface area contributed by atoms with Crippen LogP contribution in [0.25, 0.3) is 0 Å². The molecule has 1 aliphatic rings. The average molecular weight is 642 g/mol. The standard InChI is InChI=1S/C43H47NO4/c1-2-37-25-15-16-26-39(37)44-40-27-38(32-45-28-33-17-7-3-8-18-33)41(46-29-34-19-9-4-10-20-34)43(48-31-36-23-13-6-14-24-36)42(40)47-30-35-21-11-5-12-22-35/h3-26,38,40-44H,2,27-32H2,1H3/t38-,40-,41-,42+,43+/m1/s1. The number of benzene rings is 5. The van der Waals surface area contributed by atoms with Crippen LogP contribution in [-0.4, -0.2) is 31.0 Å². The molecule has 0 aromatic heterocycles. The first-order chi connectivity index (χ1) is 23.8. The summed E-state index contributed by atoms with van der Waals surface area (Å²) in [6, 6.07) is 50.0. The van der Waals surface area contributed by atoms with E-state index in [4.69, 9.17) is 18.9 Å². The zero-order chi connectivity index (χ0) is 32.8. The minimum Gasteiger partial charge on any atom is -0.379 e. The second-order valence-electron chi connectivity index (χ2n) is 12.5. The number of nitrogens with one attached hydrogen (secondary N) is 1. The molecule has 248 valence electrons. The summed E-state index contributed by atoms with van der Waals surface area (Å²) in [5.74, 6) is 0.0565. The number of aryl methyl sites for hydroxylation is 1. The van der Waals surface area contributed by atoms with Gasteiger partial charge in [0.25, 0.3) is 0 Å². The van der Waals surface area contributed by atoms with Crippen LogP contribution >= 0.6 is 0 Å². The van der Waals surface area contributed by atoms with E-state index in [0.29, 0.717) is 33.0 Å². The molecule has 0 unspecified atom stereocenters. The summed E-state index contributed by atoms with van der Waals surface area (Å²) in [6.45, 7) is 4.70. The van der Waals surface area contributed by atoms with E-state index >= 15 is 0 Å². The van der Waals surface area contributed by atoms with Crippen molar-refractivity contribution >= 4 is 5.69 Å². The molecule has 5 nitrogen and oxygen atoms in total. The Hall–Kier alpha value is -4.26. The second kappa shape index (κ2) is 17.8. The predicted molar refractivity (Wildman–Crippen MR) is 192 cm³/mol. The van der Waals surface area contributed by atoms with Gasteiger partial charge < -0.3 is 24.3 Å². The van der Waals surface area contributed by atoms with Gasteiger partial charge in [0.15, 0.2) is 0 Å². The Bertz CT molecular complexity index is 1620. The molecule has 1 aliphatic carbocycles. The van der Waals surface area contributed by atoms with Crippen molar-refractivity contribution in [2.24, 2.45) is 5.92 Å². The molecule has 0 spiro atoms. The van der Waals surface area contributed by atoms with Gasteiger partial charge in [0.1, 0.15) is 12.2 Å². The molecular weight excluding hydrogens is 594 g/mol. The minimum atomic E-state index is -0.358. The van der Waals surface area contributed by atoms with Crippen molar-refractivity contribution in [3.8, 4) is 0 Å². The van der Waals surface area contributed by atoms with Crippen molar-refractivity contribution in [2.45, 2.75) is 70.5 Å². The summed E-state index contributed by atoms with van der Waals surface area (Å²) in [6.07, 6.45) is 0.834. The van der Waals surface area contributed by atoms with Crippen LogP contribution in [-0.2, 0) is 51.8 Å². The Kier molecular flexibility index (Phi) is 12.4. The first kappa shape index (κ1) is 33.6. The highest BCUT2D eigenvalue weighted by molar-refractivity contribution is 5.52. The summed E-state index contributed by atoms with van der Waals surface area (Å²) in [5, 5.41) is 3.93. The summed E-state index contributed by atoms with van der Waals surface area (Å²) in [5.41, 5.74) is 6.93. The molecule has 5 atom stereocenters. The Morgan fingerprint density at radius 2 is 0.938 bits per heavy atom. The van der Waals surface area contributed by atoms with Crippen molar-refractivity contribution in [1.82, 2.24) is 0 Å². The maximum Gasteiger partial charge on any atom is 0.113 e. The minimum absolute atomic E-state index is 0.0379. The van der Waals surface area contributed by atoms with Gasteiger partial charge in [0.2, 0.25) is 0 Å². The van der Waals surface area contributed by atoms with Crippen molar-refractivity contribution in [3.63, 3.8) is 0 Å². The van der Waals surface area contributed by atoms with Gasteiger partial charge in [-0.2, -0.15) is 0 Å². The molecule has 0 saturated heterocycles. The van der Waals surface area contributed by atoms with Crippen LogP contribution in [0.2, 0.25) is 0 Å². The topological polar surface area (TPSA) is 49.0 Å². The van der Waals surface area contributed by atoms with Gasteiger partial charge in [-0.1, -0.05) is 146 Å². The van der Waals surface area contributed by atoms with Crippen LogP contribution in [0.4, 0.5) is 5.69 Å². The Balaban J connectivity index is 1.33. The summed E-state index contributed by atoms with van der Waals surface area (Å²) < 4.78 is 27.2. The third-order valence-electron chi connectivity index (χ3n) is 9.10. The van der Waals surface area contributed by atoms with Crippen molar-refractivity contribution < 1.29 is 18.9 Å². The molecule has 6 rings (SSSR count). The SMILES string of the molecule is CCc1ccccc1N[C@@H]1C[C@H](COCc2ccccc2)[C@@H](OCc2ccccc2)[C@H](OCc2ccccc2)[C@H]1OCc1ccccc1. The quantitative estimate of drug-likeness (QED) is 0.117. The fraction of sp³-hybridized carbons (Fsp3) is 0.302. The largest absolute Gasteiger partial charge is 0.379 e. The van der Waals surface area contributed by atoms with E-state index < -0.39 is 0 Å². The molecule has 0 radical (unpaired) electrons. The van der Waals surface area contributed by atoms with Crippen LogP contribution in [0.15, 0.2) is 146 Å². The molecule has 5 aromatic carbocycles. The summed E-state index contributed by atoms with van der Waals surface area (Å²) >= 11 is 0. The Morgan fingerprint density at radius 3 is 1.46 bits per heavy atom. The molecular formula is C43H47NO4. The van der Waals surface area contributed by atoms with E-state index in [1.807, 2.05) is 24.3 Å². The lowest BCUT2D eigenvalue weighted by Crippen LogP contribution is -2.59. The summed E-state index contributed by atoms with van der Waals surface area (Å²) in [7, 11) is 0. The average Bonchev–Trinajstić information content (AvgIpc) is 3.15. The zero-order valence-electron chi connectivity index (χ0n) is 27.8. The molecule has 5 aromatic rings. The Labute approximate surface area is 285 Å². The first-order valence-electron chi connectivity index (χ1n) is 17.2. The van der Waals surface area contributed by atoms with E-state index in [0.717, 1.165) is 40.8 Å². The molecule has 0 amide bonds. The van der Waals surface area contributed by atoms with Crippen LogP contribution in [0.3, 0.4) is 0 Å². The number of anilines is 1. The number of para-hydroxylation sites is 1. The molecule has 48 heavy (non-hydrogen) atoms. The monoisotopic (exact) mass is 641 g/mol. The maximum atomic E-state index is 6.94. The smallest absolute Gasteiger partial charge is 0.113 e. The molecule has 1 N–H and O–H groups in total. The fourth-order valence-corrected chi connectivity index (χ4v) is 6.59. The van der Waals surface area contributed by atoms with Gasteiger partial charge in [-0.3, -0.25) is 0 Å². The molecule has 0 heterocycles. The lowest BCUT2D eigenvalue weighted by Gasteiger charge is -2.47. The maximum absolute atomic E-state index is 6.94. The highest BCUT2D eigenvalue weighted by Crippen LogP contribution is 2.36. The lowest BCUT2D eigenvalue weighted by molar-refractivity contribution is -0.197. The van der Waals surface area contributed by atoms with Crippen LogP contribution < -0.4 is 5.32 Å². The van der Waals surface area contributed by atoms with Gasteiger partial charge in [-0.05, 0) is 46.7 Å². The van der Waals surface area contributed by atoms with Gasteiger partial charge in [-0.15, -0.1) is 0 Å². The molecule has 0 bridgehead atoms. The van der Waals surface area contributed by atoms with Gasteiger partial charge >= 0.3 is 0 Å². The predicted octanol–water partition coefficient (Wildman–Crippen LogP) is 9.02. The van der Waals surface area contributed by atoms with Crippen molar-refractivity contribution in [3.05, 3.63) is 173 Å². The highest BCUT2D eigenvalue weighted by atomic mass is 16.6. The molecule has 1 saturated carbocycles. The third kappa shape index (κ3) is 9.42. The summed E-state index contributed by atoms with van der Waals surface area (Å²) in [4.78, 5) is 0. The van der Waals surface area contributed by atoms with Crippen molar-refractivity contribution in [1.29, 1.82) is 0 Å². The van der Waals surface area contributed by atoms with E-state index in [-0.39, 0.29) is 30.3 Å². The van der Waals surface area contributed by atoms with E-state index in [9.17, 15) is 0 Å². The van der Waals surface area contributed by atoms with Gasteiger partial charge in [-0.25, -0.2) is 0 Å². The number of hydrogen-bond donors (Lipinski definition) is 1. The second-order valence-corrected chi connectivity index (χ2v) is 12.5. The van der Waals surface area contributed by atoms with Gasteiger partial charge in [0.05, 0.1) is 45.2 Å². The third-order valence-corrected chi connectivity index (χ3v) is 9.10. The van der Waals surface area contributed by atoms with Gasteiger partial charge in [0, 0.05) is 11.6 Å². The Morgan fingerprint density at radius 1 is 0.500 bits per heavy atom. The molecule has 0 aliphatic heterocycles. The number of ether oxygens (including phenoxy) is 4. The first-order valence-corrected chi connectivity index (χ1v) is 17.2. The normalized spacial score (nSPS) is 20.7. The van der Waals surface area contributed by atoms with Crippen LogP contribution in [0.1, 0.15) is 41.2 Å². The zero-order valence-corrected chi connectivity index (χ0v) is 27.8. The van der Waals surface area contributed by atoms with Crippen LogP contribution in [0.5, 0.6) is 0 Å². The number of rotatable bonds is 16. The van der Waals surface area contributed by atoms with E-state index in [2.05, 4.69) is 134 Å². The fourth-order valence-electron chi connectivity index (χ4n) is 6.59. The van der Waals surface area contributed by atoms with E-state index in [1.54, 1.807) is 0 Å². The van der Waals surface area contributed by atoms with Crippen LogP contribution in [0, 0.1) is 5.92 Å². The van der Waals surface area contributed by atoms with Crippen molar-refractivity contribution in [2.75, 3.05) is 11.9 Å². The lowest BCUT2D eigenvalue weighted by atomic mass is 9.79. The van der Waals surface area contributed by atoms with E-state index in [1.165, 1.54) is 5.56 Å². The highest BCUT2D eigenvalue weighted by Gasteiger charge is 2.47. The molecule has 1 fully saturated rings. The molecule has 5 heteroatoms. The number of hydrogen-bond acceptors (Lipinski definition) is 5.